The minimum Gasteiger partial charge on any atom is -0.307 e. The number of aryl methyl sites for hydroxylation is 2. The summed E-state index contributed by atoms with van der Waals surface area (Å²) in [5, 5.41) is 3.68. The minimum absolute atomic E-state index is 0.0737. The Bertz CT molecular complexity index is 700. The number of likely N-dealkylation sites (tertiary alicyclic amines) is 1. The van der Waals surface area contributed by atoms with E-state index in [0.717, 1.165) is 63.8 Å². The average Bonchev–Trinajstić information content (AvgIpc) is 3.30. The van der Waals surface area contributed by atoms with Crippen molar-refractivity contribution >= 4 is 23.7 Å². The first-order valence-corrected chi connectivity index (χ1v) is 10.7. The number of amides is 2. The molecule has 2 N–H and O–H groups in total. The van der Waals surface area contributed by atoms with Crippen LogP contribution in [0.5, 0.6) is 0 Å². The number of hydrogen-bond acceptors (Lipinski definition) is 3. The van der Waals surface area contributed by atoms with Gasteiger partial charge in [0.25, 0.3) is 0 Å². The van der Waals surface area contributed by atoms with E-state index in [1.54, 1.807) is 11.9 Å². The fourth-order valence-electron chi connectivity index (χ4n) is 4.56. The molecule has 0 radical (unpaired) electrons. The SMILES string of the molecule is C#CCN1CCC(SNC(=O)Nc2c3c(cc4c2CCC4)CCC3)CC1. The first-order chi connectivity index (χ1) is 12.7. The van der Waals surface area contributed by atoms with Crippen molar-refractivity contribution in [1.82, 2.24) is 9.62 Å². The summed E-state index contributed by atoms with van der Waals surface area (Å²) in [5.74, 6) is 2.71. The Kier molecular flexibility index (Phi) is 5.42. The van der Waals surface area contributed by atoms with E-state index in [2.05, 4.69) is 26.9 Å². The van der Waals surface area contributed by atoms with Crippen LogP contribution in [0, 0.1) is 12.3 Å². The van der Waals surface area contributed by atoms with Gasteiger partial charge in [0.15, 0.2) is 0 Å². The van der Waals surface area contributed by atoms with Crippen molar-refractivity contribution < 1.29 is 4.79 Å². The van der Waals surface area contributed by atoms with Crippen LogP contribution < -0.4 is 10.0 Å². The van der Waals surface area contributed by atoms with Crippen LogP contribution in [0.4, 0.5) is 10.5 Å². The lowest BCUT2D eigenvalue weighted by Gasteiger charge is -2.30. The fourth-order valence-corrected chi connectivity index (χ4v) is 5.33. The molecule has 1 aromatic carbocycles. The molecule has 4 rings (SSSR count). The highest BCUT2D eigenvalue weighted by Crippen LogP contribution is 2.38. The average molecular weight is 370 g/mol. The number of anilines is 1. The van der Waals surface area contributed by atoms with Gasteiger partial charge in [0.1, 0.15) is 0 Å². The van der Waals surface area contributed by atoms with Gasteiger partial charge in [-0.25, -0.2) is 4.79 Å². The Hall–Kier alpha value is -1.64. The summed E-state index contributed by atoms with van der Waals surface area (Å²) in [6.07, 6.45) is 14.4. The smallest absolute Gasteiger partial charge is 0.307 e. The van der Waals surface area contributed by atoms with Gasteiger partial charge >= 0.3 is 6.03 Å². The number of hydrogen-bond donors (Lipinski definition) is 2. The van der Waals surface area contributed by atoms with E-state index in [1.807, 2.05) is 0 Å². The van der Waals surface area contributed by atoms with E-state index < -0.39 is 0 Å². The summed E-state index contributed by atoms with van der Waals surface area (Å²) in [7, 11) is 0. The summed E-state index contributed by atoms with van der Waals surface area (Å²) in [5.41, 5.74) is 6.79. The van der Waals surface area contributed by atoms with Gasteiger partial charge in [0.2, 0.25) is 0 Å². The van der Waals surface area contributed by atoms with Crippen molar-refractivity contribution in [3.8, 4) is 12.3 Å². The van der Waals surface area contributed by atoms with E-state index in [4.69, 9.17) is 6.42 Å². The molecule has 0 atom stereocenters. The monoisotopic (exact) mass is 369 g/mol. The van der Waals surface area contributed by atoms with Crippen molar-refractivity contribution in [2.75, 3.05) is 25.0 Å². The van der Waals surface area contributed by atoms with Crippen LogP contribution in [0.3, 0.4) is 0 Å². The second-order valence-corrected chi connectivity index (χ2v) is 8.69. The maximum absolute atomic E-state index is 12.5. The number of fused-ring (bicyclic) bond motifs is 2. The predicted octanol–water partition coefficient (Wildman–Crippen LogP) is 3.53. The number of piperidine rings is 1. The molecule has 5 heteroatoms. The number of nitrogens with one attached hydrogen (secondary N) is 2. The van der Waals surface area contributed by atoms with Gasteiger partial charge in [-0.2, -0.15) is 0 Å². The summed E-state index contributed by atoms with van der Waals surface area (Å²) in [6, 6.07) is 2.32. The fraction of sp³-hybridized carbons (Fsp3) is 0.571. The van der Waals surface area contributed by atoms with Crippen molar-refractivity contribution in [2.45, 2.75) is 56.6 Å². The molecule has 138 valence electrons. The molecule has 0 saturated carbocycles. The second-order valence-electron chi connectivity index (χ2n) is 7.59. The van der Waals surface area contributed by atoms with Gasteiger partial charge < -0.3 is 5.32 Å². The molecule has 2 amide bonds. The zero-order valence-electron chi connectivity index (χ0n) is 15.3. The van der Waals surface area contributed by atoms with Gasteiger partial charge in [0.05, 0.1) is 6.54 Å². The zero-order valence-corrected chi connectivity index (χ0v) is 16.1. The van der Waals surface area contributed by atoms with Crippen LogP contribution in [0.25, 0.3) is 0 Å². The number of urea groups is 1. The summed E-state index contributed by atoms with van der Waals surface area (Å²) >= 11 is 1.57. The lowest BCUT2D eigenvalue weighted by molar-refractivity contribution is 0.255. The predicted molar refractivity (Wildman–Crippen MR) is 109 cm³/mol. The van der Waals surface area contributed by atoms with E-state index in [1.165, 1.54) is 35.1 Å². The number of carbonyl (C=O) groups excluding carboxylic acids is 1. The zero-order chi connectivity index (χ0) is 17.9. The van der Waals surface area contributed by atoms with Crippen molar-refractivity contribution in [2.24, 2.45) is 0 Å². The number of carbonyl (C=O) groups is 1. The van der Waals surface area contributed by atoms with E-state index in [-0.39, 0.29) is 6.03 Å². The molecule has 2 aliphatic carbocycles. The summed E-state index contributed by atoms with van der Waals surface area (Å²) in [4.78, 5) is 14.8. The third-order valence-corrected chi connectivity index (χ3v) is 6.99. The summed E-state index contributed by atoms with van der Waals surface area (Å²) in [6.45, 7) is 2.77. The minimum atomic E-state index is -0.0737. The lowest BCUT2D eigenvalue weighted by atomic mass is 9.99. The third-order valence-electron chi connectivity index (χ3n) is 5.88. The van der Waals surface area contributed by atoms with Gasteiger partial charge in [-0.05, 0) is 85.6 Å². The Morgan fingerprint density at radius 2 is 1.81 bits per heavy atom. The Morgan fingerprint density at radius 3 is 2.42 bits per heavy atom. The number of terminal acetylenes is 1. The Balaban J connectivity index is 1.34. The molecule has 0 aromatic heterocycles. The summed E-state index contributed by atoms with van der Waals surface area (Å²) < 4.78 is 3.04. The largest absolute Gasteiger partial charge is 0.329 e. The normalized spacial score (nSPS) is 19.7. The van der Waals surface area contributed by atoms with Crippen LogP contribution >= 0.6 is 11.9 Å². The molecular weight excluding hydrogens is 342 g/mol. The van der Waals surface area contributed by atoms with Gasteiger partial charge in [-0.3, -0.25) is 9.62 Å². The topological polar surface area (TPSA) is 44.4 Å². The van der Waals surface area contributed by atoms with Crippen molar-refractivity contribution in [1.29, 1.82) is 0 Å². The molecule has 0 bridgehead atoms. The molecule has 3 aliphatic rings. The maximum Gasteiger partial charge on any atom is 0.329 e. The van der Waals surface area contributed by atoms with Crippen LogP contribution in [0.1, 0.15) is 47.9 Å². The standard InChI is InChI=1S/C21H27N3OS/c1-2-11-24-12-9-17(10-13-24)26-23-21(25)22-20-18-7-3-5-15(18)14-16-6-4-8-19(16)20/h1,14,17H,3-13H2,(H2,22,23,25). The molecule has 26 heavy (non-hydrogen) atoms. The highest BCUT2D eigenvalue weighted by Gasteiger charge is 2.25. The molecule has 1 saturated heterocycles. The Labute approximate surface area is 160 Å². The molecular formula is C21H27N3OS. The first kappa shape index (κ1) is 17.8. The molecule has 1 heterocycles. The van der Waals surface area contributed by atoms with Gasteiger partial charge in [-0.15, -0.1) is 6.42 Å². The molecule has 1 aromatic rings. The molecule has 1 fully saturated rings. The molecule has 0 spiro atoms. The van der Waals surface area contributed by atoms with E-state index in [9.17, 15) is 4.79 Å². The quantitative estimate of drug-likeness (QED) is 0.630. The highest BCUT2D eigenvalue weighted by molar-refractivity contribution is 7.98. The number of nitrogens with zero attached hydrogens (tertiary/aromatic N) is 1. The lowest BCUT2D eigenvalue weighted by Crippen LogP contribution is -2.36. The maximum atomic E-state index is 12.5. The van der Waals surface area contributed by atoms with Gasteiger partial charge in [-0.1, -0.05) is 12.0 Å². The van der Waals surface area contributed by atoms with E-state index >= 15 is 0 Å². The van der Waals surface area contributed by atoms with Crippen molar-refractivity contribution in [3.05, 3.63) is 28.3 Å². The molecule has 4 nitrogen and oxygen atoms in total. The van der Waals surface area contributed by atoms with Crippen LogP contribution in [0.15, 0.2) is 6.07 Å². The molecule has 0 unspecified atom stereocenters. The van der Waals surface area contributed by atoms with Crippen LogP contribution in [-0.2, 0) is 25.7 Å². The number of benzene rings is 1. The van der Waals surface area contributed by atoms with E-state index in [0.29, 0.717) is 5.25 Å². The first-order valence-electron chi connectivity index (χ1n) is 9.79. The van der Waals surface area contributed by atoms with Gasteiger partial charge in [0, 0.05) is 24.0 Å². The third kappa shape index (κ3) is 3.72. The Morgan fingerprint density at radius 1 is 1.15 bits per heavy atom. The molecule has 1 aliphatic heterocycles. The second kappa shape index (κ2) is 7.94. The van der Waals surface area contributed by atoms with Crippen molar-refractivity contribution in [3.63, 3.8) is 0 Å². The number of rotatable bonds is 4. The van der Waals surface area contributed by atoms with Crippen LogP contribution in [0.2, 0.25) is 0 Å². The highest BCUT2D eigenvalue weighted by atomic mass is 32.2. The van der Waals surface area contributed by atoms with Crippen LogP contribution in [-0.4, -0.2) is 35.8 Å².